The van der Waals surface area contributed by atoms with Crippen LogP contribution in [0.5, 0.6) is 11.5 Å². The smallest absolute Gasteiger partial charge is 0.244 e. The number of hydrogen-bond donors (Lipinski definition) is 4. The molecule has 0 aliphatic heterocycles. The van der Waals surface area contributed by atoms with Gasteiger partial charge in [-0.25, -0.2) is 4.98 Å². The Kier molecular flexibility index (Phi) is 7.75. The van der Waals surface area contributed by atoms with Crippen molar-refractivity contribution in [2.24, 2.45) is 0 Å². The van der Waals surface area contributed by atoms with Gasteiger partial charge in [0.1, 0.15) is 11.5 Å². The Labute approximate surface area is 220 Å². The molecule has 0 spiro atoms. The number of nitrogens with one attached hydrogen (secondary N) is 2. The number of methoxy groups -OCH3 is 1. The van der Waals surface area contributed by atoms with Gasteiger partial charge in [-0.05, 0) is 31.9 Å². The van der Waals surface area contributed by atoms with Gasteiger partial charge in [-0.15, -0.1) is 4.68 Å². The summed E-state index contributed by atoms with van der Waals surface area (Å²) in [7, 11) is 1.44. The van der Waals surface area contributed by atoms with Gasteiger partial charge >= 0.3 is 0 Å². The van der Waals surface area contributed by atoms with Crippen molar-refractivity contribution in [2.45, 2.75) is 57.4 Å². The lowest BCUT2D eigenvalue weighted by Gasteiger charge is -2.26. The number of benzene rings is 1. The molecule has 5 rings (SSSR count). The molecule has 0 unspecified atom stereocenters. The maximum absolute atomic E-state index is 14.6. The molecule has 1 saturated carbocycles. The molecule has 4 N–H and O–H groups in total. The number of nitrogens with zero attached hydrogens (tertiary/aromatic N) is 4. The number of H-pyrrole nitrogens is 1. The van der Waals surface area contributed by atoms with Gasteiger partial charge < -0.3 is 25.0 Å². The van der Waals surface area contributed by atoms with E-state index in [1.54, 1.807) is 29.1 Å². The first-order valence-corrected chi connectivity index (χ1v) is 13.0. The fourth-order valence-corrected chi connectivity index (χ4v) is 5.07. The fourth-order valence-electron chi connectivity index (χ4n) is 5.07. The van der Waals surface area contributed by atoms with E-state index >= 15 is 0 Å². The molecule has 3 aromatic heterocycles. The molecular formula is C27H34FN6O4+. The highest BCUT2D eigenvalue weighted by molar-refractivity contribution is 5.91. The van der Waals surface area contributed by atoms with Gasteiger partial charge in [-0.1, -0.05) is 6.07 Å². The summed E-state index contributed by atoms with van der Waals surface area (Å²) in [6.07, 6.45) is 7.78. The highest BCUT2D eigenvalue weighted by atomic mass is 19.1. The molecule has 1 fully saturated rings. The lowest BCUT2D eigenvalue weighted by molar-refractivity contribution is -0.753. The second-order valence-corrected chi connectivity index (χ2v) is 9.58. The normalized spacial score (nSPS) is 18.4. The first kappa shape index (κ1) is 25.9. The molecule has 3 heterocycles. The summed E-state index contributed by atoms with van der Waals surface area (Å²) in [5, 5.41) is 31.2. The predicted molar refractivity (Wildman–Crippen MR) is 140 cm³/mol. The molecule has 11 heteroatoms. The fraction of sp³-hybridized carbons (Fsp3) is 0.444. The zero-order valence-corrected chi connectivity index (χ0v) is 21.6. The van der Waals surface area contributed by atoms with Crippen molar-refractivity contribution in [3.8, 4) is 22.8 Å². The van der Waals surface area contributed by atoms with Crippen molar-refractivity contribution < 1.29 is 28.8 Å². The van der Waals surface area contributed by atoms with Gasteiger partial charge in [0.25, 0.3) is 0 Å². The van der Waals surface area contributed by atoms with Gasteiger partial charge in [0.15, 0.2) is 17.5 Å². The molecule has 1 aliphatic rings. The average molecular weight is 526 g/mol. The molecule has 1 aromatic carbocycles. The first-order valence-electron chi connectivity index (χ1n) is 13.0. The summed E-state index contributed by atoms with van der Waals surface area (Å²) in [6, 6.07) is 7.20. The van der Waals surface area contributed by atoms with Crippen molar-refractivity contribution >= 4 is 16.7 Å². The third-order valence-electron chi connectivity index (χ3n) is 6.98. The number of aliphatic hydroxyl groups is 2. The van der Waals surface area contributed by atoms with Crippen LogP contribution < -0.4 is 19.5 Å². The number of fused-ring (bicyclic) bond motifs is 1. The molecule has 4 aromatic rings. The molecule has 38 heavy (non-hydrogen) atoms. The number of hydrogen-bond acceptors (Lipinski definition) is 7. The van der Waals surface area contributed by atoms with Gasteiger partial charge in [-0.3, -0.25) is 4.68 Å². The lowest BCUT2D eigenvalue weighted by Crippen LogP contribution is -2.44. The molecule has 1 aliphatic carbocycles. The molecule has 0 amide bonds. The second kappa shape index (κ2) is 11.4. The number of aromatic amines is 1. The van der Waals surface area contributed by atoms with E-state index in [0.29, 0.717) is 0 Å². The highest BCUT2D eigenvalue weighted by Crippen LogP contribution is 2.34. The van der Waals surface area contributed by atoms with Crippen molar-refractivity contribution in [2.75, 3.05) is 25.6 Å². The second-order valence-electron chi connectivity index (χ2n) is 9.58. The first-order chi connectivity index (χ1) is 18.5. The van der Waals surface area contributed by atoms with Crippen LogP contribution in [0.3, 0.4) is 0 Å². The molecule has 1 atom stereocenters. The minimum atomic E-state index is -0.875. The van der Waals surface area contributed by atoms with Crippen molar-refractivity contribution in [1.29, 1.82) is 0 Å². The van der Waals surface area contributed by atoms with Crippen molar-refractivity contribution in [3.05, 3.63) is 48.7 Å². The summed E-state index contributed by atoms with van der Waals surface area (Å²) in [6.45, 7) is 2.67. The van der Waals surface area contributed by atoms with Gasteiger partial charge in [0.05, 0.1) is 50.1 Å². The van der Waals surface area contributed by atoms with E-state index in [2.05, 4.69) is 25.2 Å². The molecular weight excluding hydrogens is 491 g/mol. The average Bonchev–Trinajstić information content (AvgIpc) is 3.55. The minimum absolute atomic E-state index is 0.0793. The summed E-state index contributed by atoms with van der Waals surface area (Å²) in [5.74, 6) is 0.725. The Morgan fingerprint density at radius 2 is 2.03 bits per heavy atom. The van der Waals surface area contributed by atoms with E-state index in [9.17, 15) is 9.50 Å². The van der Waals surface area contributed by atoms with Crippen LogP contribution in [0.15, 0.2) is 42.9 Å². The van der Waals surface area contributed by atoms with Crippen LogP contribution in [0.4, 0.5) is 10.2 Å². The quantitative estimate of drug-likeness (QED) is 0.235. The van der Waals surface area contributed by atoms with E-state index < -0.39 is 11.9 Å². The van der Waals surface area contributed by atoms with Crippen molar-refractivity contribution in [3.63, 3.8) is 0 Å². The lowest BCUT2D eigenvalue weighted by atomic mass is 9.93. The largest absolute Gasteiger partial charge is 0.494 e. The maximum atomic E-state index is 14.6. The number of aliphatic hydroxyl groups excluding tert-OH is 2. The van der Waals surface area contributed by atoms with E-state index in [0.717, 1.165) is 60.2 Å². The van der Waals surface area contributed by atoms with Gasteiger partial charge in [-0.2, -0.15) is 14.6 Å². The Bertz CT molecular complexity index is 1380. The number of pyridine rings is 1. The molecule has 202 valence electrons. The van der Waals surface area contributed by atoms with E-state index in [1.807, 2.05) is 25.4 Å². The predicted octanol–water partition coefficient (Wildman–Crippen LogP) is 3.21. The summed E-state index contributed by atoms with van der Waals surface area (Å²) < 4.78 is 29.5. The summed E-state index contributed by atoms with van der Waals surface area (Å²) in [5.41, 5.74) is 2.77. The Hall–Kier alpha value is -3.70. The zero-order valence-electron chi connectivity index (χ0n) is 21.6. The van der Waals surface area contributed by atoms with Crippen LogP contribution in [-0.4, -0.2) is 62.5 Å². The number of anilines is 1. The van der Waals surface area contributed by atoms with Crippen LogP contribution in [-0.2, 0) is 6.54 Å². The molecule has 10 nitrogen and oxygen atoms in total. The van der Waals surface area contributed by atoms with E-state index in [1.165, 1.54) is 7.11 Å². The number of halogens is 1. The SMILES string of the molecule is CCNc1cc2c(cn1)c(-c1cnn(C[C@H](O)CO)c1)[nH][n+]2C1CCC(Oc2cccc(OC)c2F)CC1. The van der Waals surface area contributed by atoms with Crippen molar-refractivity contribution in [1.82, 2.24) is 19.9 Å². The van der Waals surface area contributed by atoms with Crippen LogP contribution in [0.2, 0.25) is 0 Å². The molecule has 0 saturated heterocycles. The molecule has 0 radical (unpaired) electrons. The summed E-state index contributed by atoms with van der Waals surface area (Å²) >= 11 is 0. The Morgan fingerprint density at radius 3 is 2.76 bits per heavy atom. The van der Waals surface area contributed by atoms with Crippen LogP contribution in [0.25, 0.3) is 22.2 Å². The maximum Gasteiger partial charge on any atom is 0.244 e. The standard InChI is InChI=1S/C27H33FN6O4/c1-3-29-25-11-22-21(13-30-25)27(17-12-31-33(14-17)15-19(36)16-35)32-34(22)18-7-9-20(10-8-18)38-24-6-4-5-23(37-2)26(24)28/h4-6,11-14,18-20,35-36H,3,7-10,15-16H2,1-2H3,(H,29,30,32)/p+1/t18?,19-,20?/m0/s1. The van der Waals surface area contributed by atoms with Crippen LogP contribution in [0, 0.1) is 5.82 Å². The highest BCUT2D eigenvalue weighted by Gasteiger charge is 2.33. The zero-order chi connectivity index (χ0) is 26.6. The van der Waals surface area contributed by atoms with Crippen LogP contribution >= 0.6 is 0 Å². The van der Waals surface area contributed by atoms with E-state index in [-0.39, 0.29) is 36.8 Å². The summed E-state index contributed by atoms with van der Waals surface area (Å²) in [4.78, 5) is 4.58. The van der Waals surface area contributed by atoms with Crippen LogP contribution in [0.1, 0.15) is 38.6 Å². The van der Waals surface area contributed by atoms with E-state index in [4.69, 9.17) is 14.6 Å². The minimum Gasteiger partial charge on any atom is -0.494 e. The number of aromatic nitrogens is 5. The molecule has 0 bridgehead atoms. The van der Waals surface area contributed by atoms with Gasteiger partial charge in [0, 0.05) is 37.3 Å². The third kappa shape index (κ3) is 5.30. The number of ether oxygens (including phenoxy) is 2. The number of rotatable bonds is 10. The Morgan fingerprint density at radius 1 is 1.24 bits per heavy atom. The Balaban J connectivity index is 1.39. The van der Waals surface area contributed by atoms with Gasteiger partial charge in [0.2, 0.25) is 11.3 Å². The third-order valence-corrected chi connectivity index (χ3v) is 6.98. The monoisotopic (exact) mass is 525 g/mol. The topological polar surface area (TPSA) is 121 Å².